The average molecular weight is 560 g/mol. The monoisotopic (exact) mass is 559 g/mol. The van der Waals surface area contributed by atoms with Crippen LogP contribution < -0.4 is 9.47 Å². The molecule has 5 aromatic rings. The molecule has 0 spiro atoms. The highest BCUT2D eigenvalue weighted by Crippen LogP contribution is 2.46. The lowest BCUT2D eigenvalue weighted by Gasteiger charge is -2.27. The maximum absolute atomic E-state index is 13.9. The van der Waals surface area contributed by atoms with Crippen molar-refractivity contribution in [2.45, 2.75) is 32.9 Å². The highest BCUT2D eigenvalue weighted by molar-refractivity contribution is 6.00. The standard InChI is InChI=1S/C35H33N3O4/c1-22-18-23(2)30(29(39)19-22)32-31-33(37-36-32)35(40)38(17-16-24-12-14-27(41-3)15-13-24)34(31)26-10-7-11-28(20-26)42-21-25-8-5-4-6-9-25/h4-15,18-20,34,39H,16-17,21H2,1-3H3,(H,36,37). The third kappa shape index (κ3) is 5.21. The molecule has 0 saturated carbocycles. The molecule has 42 heavy (non-hydrogen) atoms. The van der Waals surface area contributed by atoms with Crippen LogP contribution in [0.2, 0.25) is 0 Å². The number of aryl methyl sites for hydroxylation is 2. The van der Waals surface area contributed by atoms with E-state index in [-0.39, 0.29) is 11.7 Å². The molecular formula is C35H33N3O4. The van der Waals surface area contributed by atoms with E-state index in [2.05, 4.69) is 10.2 Å². The van der Waals surface area contributed by atoms with Crippen LogP contribution in [-0.2, 0) is 13.0 Å². The minimum atomic E-state index is -0.417. The minimum absolute atomic E-state index is 0.123. The Morgan fingerprint density at radius 2 is 1.69 bits per heavy atom. The van der Waals surface area contributed by atoms with E-state index in [1.807, 2.05) is 104 Å². The fourth-order valence-corrected chi connectivity index (χ4v) is 5.77. The second-order valence-electron chi connectivity index (χ2n) is 10.7. The Hall–Kier alpha value is -5.04. The van der Waals surface area contributed by atoms with Crippen LogP contribution in [0.4, 0.5) is 0 Å². The van der Waals surface area contributed by atoms with Crippen LogP contribution in [0.25, 0.3) is 11.3 Å². The topological polar surface area (TPSA) is 87.7 Å². The Morgan fingerprint density at radius 3 is 2.43 bits per heavy atom. The highest BCUT2D eigenvalue weighted by atomic mass is 16.5. The molecule has 0 aliphatic carbocycles. The molecule has 1 aliphatic heterocycles. The highest BCUT2D eigenvalue weighted by Gasteiger charge is 2.42. The molecule has 1 aliphatic rings. The molecule has 4 aromatic carbocycles. The Balaban J connectivity index is 1.39. The van der Waals surface area contributed by atoms with Crippen molar-refractivity contribution in [1.29, 1.82) is 0 Å². The van der Waals surface area contributed by atoms with Crippen LogP contribution in [0, 0.1) is 13.8 Å². The van der Waals surface area contributed by atoms with Gasteiger partial charge in [0.1, 0.15) is 35.2 Å². The molecule has 6 rings (SSSR count). The molecule has 2 heterocycles. The van der Waals surface area contributed by atoms with Crippen molar-refractivity contribution >= 4 is 5.91 Å². The van der Waals surface area contributed by atoms with Gasteiger partial charge in [-0.15, -0.1) is 0 Å². The first-order chi connectivity index (χ1) is 20.4. The second kappa shape index (κ2) is 11.4. The number of amides is 1. The molecule has 1 atom stereocenters. The molecule has 2 N–H and O–H groups in total. The van der Waals surface area contributed by atoms with Crippen molar-refractivity contribution in [2.24, 2.45) is 0 Å². The molecule has 1 aromatic heterocycles. The van der Waals surface area contributed by atoms with Gasteiger partial charge in [-0.1, -0.05) is 60.7 Å². The summed E-state index contributed by atoms with van der Waals surface area (Å²) >= 11 is 0. The van der Waals surface area contributed by atoms with Gasteiger partial charge >= 0.3 is 0 Å². The van der Waals surface area contributed by atoms with Gasteiger partial charge in [0.05, 0.1) is 13.2 Å². The molecule has 7 heteroatoms. The van der Waals surface area contributed by atoms with Crippen molar-refractivity contribution in [2.75, 3.05) is 13.7 Å². The summed E-state index contributed by atoms with van der Waals surface area (Å²) in [5.74, 6) is 1.53. The fourth-order valence-electron chi connectivity index (χ4n) is 5.77. The number of phenols is 1. The smallest absolute Gasteiger partial charge is 0.273 e. The summed E-state index contributed by atoms with van der Waals surface area (Å²) in [6, 6.07) is 29.1. The van der Waals surface area contributed by atoms with Gasteiger partial charge in [-0.05, 0) is 78.4 Å². The first kappa shape index (κ1) is 27.1. The number of methoxy groups -OCH3 is 1. The number of H-pyrrole nitrogens is 1. The van der Waals surface area contributed by atoms with E-state index >= 15 is 0 Å². The molecule has 7 nitrogen and oxygen atoms in total. The third-order valence-corrected chi connectivity index (χ3v) is 7.78. The van der Waals surface area contributed by atoms with E-state index in [9.17, 15) is 9.90 Å². The average Bonchev–Trinajstić information content (AvgIpc) is 3.53. The van der Waals surface area contributed by atoms with E-state index in [0.29, 0.717) is 42.3 Å². The molecule has 1 amide bonds. The molecule has 0 fully saturated rings. The lowest BCUT2D eigenvalue weighted by atomic mass is 9.93. The van der Waals surface area contributed by atoms with Crippen LogP contribution in [0.1, 0.15) is 49.9 Å². The van der Waals surface area contributed by atoms with Crippen LogP contribution in [0.5, 0.6) is 17.2 Å². The number of ether oxygens (including phenoxy) is 2. The number of phenolic OH excluding ortho intramolecular Hbond substituents is 1. The summed E-state index contributed by atoms with van der Waals surface area (Å²) in [4.78, 5) is 15.8. The summed E-state index contributed by atoms with van der Waals surface area (Å²) in [5.41, 5.74) is 7.35. The predicted octanol–water partition coefficient (Wildman–Crippen LogP) is 6.77. The zero-order valence-electron chi connectivity index (χ0n) is 23.9. The Bertz CT molecular complexity index is 1700. The summed E-state index contributed by atoms with van der Waals surface area (Å²) < 4.78 is 11.5. The molecular weight excluding hydrogens is 526 g/mol. The van der Waals surface area contributed by atoms with Crippen LogP contribution >= 0.6 is 0 Å². The van der Waals surface area contributed by atoms with Gasteiger partial charge in [0.2, 0.25) is 0 Å². The lowest BCUT2D eigenvalue weighted by molar-refractivity contribution is 0.0745. The van der Waals surface area contributed by atoms with Crippen molar-refractivity contribution in [1.82, 2.24) is 15.1 Å². The number of carbonyl (C=O) groups excluding carboxylic acids is 1. The Morgan fingerprint density at radius 1 is 0.905 bits per heavy atom. The molecule has 0 radical (unpaired) electrons. The maximum Gasteiger partial charge on any atom is 0.273 e. The van der Waals surface area contributed by atoms with Gasteiger partial charge in [0.15, 0.2) is 0 Å². The number of rotatable bonds is 9. The summed E-state index contributed by atoms with van der Waals surface area (Å²) in [6.07, 6.45) is 0.665. The summed E-state index contributed by atoms with van der Waals surface area (Å²) in [6.45, 7) is 4.83. The summed E-state index contributed by atoms with van der Waals surface area (Å²) in [5, 5.41) is 18.6. The van der Waals surface area contributed by atoms with E-state index in [1.165, 1.54) is 0 Å². The van der Waals surface area contributed by atoms with Crippen molar-refractivity contribution in [3.8, 4) is 28.5 Å². The van der Waals surface area contributed by atoms with Gasteiger partial charge < -0.3 is 19.5 Å². The van der Waals surface area contributed by atoms with Crippen LogP contribution in [-0.4, -0.2) is 39.8 Å². The van der Waals surface area contributed by atoms with Gasteiger partial charge in [-0.25, -0.2) is 0 Å². The molecule has 1 unspecified atom stereocenters. The summed E-state index contributed by atoms with van der Waals surface area (Å²) in [7, 11) is 1.65. The number of benzene rings is 4. The zero-order valence-corrected chi connectivity index (χ0v) is 23.9. The number of nitrogens with one attached hydrogen (secondary N) is 1. The van der Waals surface area contributed by atoms with Crippen LogP contribution in [0.15, 0.2) is 91.0 Å². The molecule has 212 valence electrons. The minimum Gasteiger partial charge on any atom is -0.507 e. The Labute approximate surface area is 245 Å². The fraction of sp³-hybridized carbons (Fsp3) is 0.200. The van der Waals surface area contributed by atoms with Gasteiger partial charge in [-0.3, -0.25) is 9.89 Å². The van der Waals surface area contributed by atoms with E-state index in [0.717, 1.165) is 39.1 Å². The van der Waals surface area contributed by atoms with Crippen LogP contribution in [0.3, 0.4) is 0 Å². The number of aromatic nitrogens is 2. The third-order valence-electron chi connectivity index (χ3n) is 7.78. The Kier molecular flexibility index (Phi) is 7.40. The molecule has 0 saturated heterocycles. The second-order valence-corrected chi connectivity index (χ2v) is 10.7. The van der Waals surface area contributed by atoms with Gasteiger partial charge in [-0.2, -0.15) is 5.10 Å². The largest absolute Gasteiger partial charge is 0.507 e. The first-order valence-electron chi connectivity index (χ1n) is 14.0. The normalized spacial score (nSPS) is 14.2. The van der Waals surface area contributed by atoms with Gasteiger partial charge in [0.25, 0.3) is 5.91 Å². The SMILES string of the molecule is COc1ccc(CCN2C(=O)c3[nH]nc(-c4c(C)cc(C)cc4O)c3C2c2cccc(OCc3ccccc3)c2)cc1. The number of hydrogen-bond acceptors (Lipinski definition) is 5. The zero-order chi connectivity index (χ0) is 29.2. The van der Waals surface area contributed by atoms with E-state index in [1.54, 1.807) is 13.2 Å². The molecule has 0 bridgehead atoms. The van der Waals surface area contributed by atoms with Crippen molar-refractivity contribution in [3.63, 3.8) is 0 Å². The van der Waals surface area contributed by atoms with Gasteiger partial charge in [0, 0.05) is 17.7 Å². The lowest BCUT2D eigenvalue weighted by Crippen LogP contribution is -2.31. The predicted molar refractivity (Wildman–Crippen MR) is 162 cm³/mol. The van der Waals surface area contributed by atoms with Crippen molar-refractivity contribution in [3.05, 3.63) is 130 Å². The van der Waals surface area contributed by atoms with E-state index < -0.39 is 6.04 Å². The first-order valence-corrected chi connectivity index (χ1v) is 14.0. The van der Waals surface area contributed by atoms with Crippen molar-refractivity contribution < 1.29 is 19.4 Å². The quantitative estimate of drug-likeness (QED) is 0.208. The maximum atomic E-state index is 13.9. The number of carbonyl (C=O) groups is 1. The number of hydrogen-bond donors (Lipinski definition) is 2. The number of aromatic hydroxyl groups is 1. The van der Waals surface area contributed by atoms with E-state index in [4.69, 9.17) is 9.47 Å². The number of aromatic amines is 1. The number of nitrogens with zero attached hydrogens (tertiary/aromatic N) is 2. The number of fused-ring (bicyclic) bond motifs is 1.